The van der Waals surface area contributed by atoms with Crippen molar-refractivity contribution in [3.8, 4) is 0 Å². The van der Waals surface area contributed by atoms with Crippen molar-refractivity contribution >= 4 is 11.8 Å². The number of carbonyl (C=O) groups excluding carboxylic acids is 2. The number of hydrogen-bond donors (Lipinski definition) is 0. The van der Waals surface area contributed by atoms with Gasteiger partial charge in [0.25, 0.3) is 0 Å². The van der Waals surface area contributed by atoms with Crippen molar-refractivity contribution in [1.29, 1.82) is 0 Å². The van der Waals surface area contributed by atoms with E-state index in [1.165, 1.54) is 0 Å². The Bertz CT molecular complexity index is 486. The normalized spacial score (nSPS) is 23.6. The molecule has 1 aliphatic heterocycles. The summed E-state index contributed by atoms with van der Waals surface area (Å²) in [4.78, 5) is 26.9. The molecule has 0 N–H and O–H groups in total. The molecule has 1 heterocycles. The van der Waals surface area contributed by atoms with Gasteiger partial charge in [0.2, 0.25) is 0 Å². The highest BCUT2D eigenvalue weighted by Gasteiger charge is 2.49. The summed E-state index contributed by atoms with van der Waals surface area (Å²) in [6.07, 6.45) is 0.817. The van der Waals surface area contributed by atoms with Crippen LogP contribution >= 0.6 is 0 Å². The smallest absolute Gasteiger partial charge is 0.321 e. The zero-order chi connectivity index (χ0) is 14.6. The molecule has 0 amide bonds. The molecule has 108 valence electrons. The van der Waals surface area contributed by atoms with Crippen molar-refractivity contribution in [2.75, 3.05) is 26.7 Å². The molecule has 0 spiro atoms. The van der Waals surface area contributed by atoms with E-state index in [0.29, 0.717) is 32.5 Å². The van der Waals surface area contributed by atoms with Crippen LogP contribution in [0.1, 0.15) is 18.9 Å². The van der Waals surface area contributed by atoms with Crippen LogP contribution in [0, 0.1) is 5.41 Å². The number of rotatable bonds is 4. The molecule has 1 aromatic carbocycles. The zero-order valence-corrected chi connectivity index (χ0v) is 12.1. The molecule has 4 nitrogen and oxygen atoms in total. The number of Topliss-reactive ketones (excluding diaryl/α,β-unsaturated/α-hetero) is 1. The fourth-order valence-electron chi connectivity index (χ4n) is 2.78. The molecular weight excluding hydrogens is 254 g/mol. The maximum absolute atomic E-state index is 12.5. The first kappa shape index (κ1) is 14.7. The lowest BCUT2D eigenvalue weighted by Gasteiger charge is -2.38. The molecule has 4 heteroatoms. The molecule has 1 atom stereocenters. The average Bonchev–Trinajstić information content (AvgIpc) is 2.44. The van der Waals surface area contributed by atoms with Crippen molar-refractivity contribution in [2.24, 2.45) is 5.41 Å². The topological polar surface area (TPSA) is 46.6 Å². The van der Waals surface area contributed by atoms with E-state index in [1.807, 2.05) is 42.3 Å². The van der Waals surface area contributed by atoms with Crippen LogP contribution in [0.15, 0.2) is 30.3 Å². The lowest BCUT2D eigenvalue weighted by atomic mass is 9.74. The molecule has 0 saturated carbocycles. The van der Waals surface area contributed by atoms with Gasteiger partial charge in [-0.25, -0.2) is 0 Å². The van der Waals surface area contributed by atoms with Crippen molar-refractivity contribution in [2.45, 2.75) is 19.8 Å². The van der Waals surface area contributed by atoms with E-state index in [4.69, 9.17) is 4.74 Å². The molecule has 1 fully saturated rings. The van der Waals surface area contributed by atoms with E-state index in [9.17, 15) is 9.59 Å². The summed E-state index contributed by atoms with van der Waals surface area (Å²) in [5.41, 5.74) is -0.0612. The van der Waals surface area contributed by atoms with Gasteiger partial charge < -0.3 is 9.64 Å². The van der Waals surface area contributed by atoms with E-state index in [-0.39, 0.29) is 11.8 Å². The summed E-state index contributed by atoms with van der Waals surface area (Å²) in [5.74, 6) is -0.390. The van der Waals surface area contributed by atoms with Crippen molar-refractivity contribution < 1.29 is 14.3 Å². The standard InChI is InChI=1S/C16H21NO3/c1-3-20-15(19)16(11-13-7-5-4-6-8-13)12-17(2)10-9-14(16)18/h4-8H,3,9-12H2,1-2H3. The number of ketones is 1. The maximum atomic E-state index is 12.5. The minimum atomic E-state index is -1.05. The van der Waals surface area contributed by atoms with Gasteiger partial charge in [-0.3, -0.25) is 9.59 Å². The van der Waals surface area contributed by atoms with Gasteiger partial charge in [-0.05, 0) is 26.0 Å². The number of ether oxygens (including phenoxy) is 1. The Labute approximate surface area is 119 Å². The summed E-state index contributed by atoms with van der Waals surface area (Å²) < 4.78 is 5.19. The molecule has 1 aromatic rings. The molecular formula is C16H21NO3. The monoisotopic (exact) mass is 275 g/mol. The minimum Gasteiger partial charge on any atom is -0.465 e. The van der Waals surface area contributed by atoms with Crippen LogP contribution in [0.2, 0.25) is 0 Å². The van der Waals surface area contributed by atoms with Crippen LogP contribution in [0.4, 0.5) is 0 Å². The quantitative estimate of drug-likeness (QED) is 0.619. The first-order valence-electron chi connectivity index (χ1n) is 7.01. The lowest BCUT2D eigenvalue weighted by molar-refractivity contribution is -0.163. The van der Waals surface area contributed by atoms with E-state index < -0.39 is 5.41 Å². The van der Waals surface area contributed by atoms with Gasteiger partial charge in [-0.2, -0.15) is 0 Å². The van der Waals surface area contributed by atoms with Crippen LogP contribution < -0.4 is 0 Å². The molecule has 2 rings (SSSR count). The lowest BCUT2D eigenvalue weighted by Crippen LogP contribution is -2.54. The van der Waals surface area contributed by atoms with Crippen molar-refractivity contribution in [3.63, 3.8) is 0 Å². The molecule has 1 aliphatic rings. The third-order valence-electron chi connectivity index (χ3n) is 3.81. The predicted molar refractivity (Wildman–Crippen MR) is 76.3 cm³/mol. The Balaban J connectivity index is 2.32. The summed E-state index contributed by atoms with van der Waals surface area (Å²) in [6.45, 7) is 3.20. The Kier molecular flexibility index (Phi) is 4.55. The van der Waals surface area contributed by atoms with E-state index >= 15 is 0 Å². The summed E-state index contributed by atoms with van der Waals surface area (Å²) in [5, 5.41) is 0. The third-order valence-corrected chi connectivity index (χ3v) is 3.81. The number of nitrogens with zero attached hydrogens (tertiary/aromatic N) is 1. The largest absolute Gasteiger partial charge is 0.465 e. The maximum Gasteiger partial charge on any atom is 0.321 e. The van der Waals surface area contributed by atoms with E-state index in [1.54, 1.807) is 6.92 Å². The summed E-state index contributed by atoms with van der Waals surface area (Å²) in [7, 11) is 1.94. The SMILES string of the molecule is CCOC(=O)C1(Cc2ccccc2)CN(C)CCC1=O. The zero-order valence-electron chi connectivity index (χ0n) is 12.1. The van der Waals surface area contributed by atoms with Crippen molar-refractivity contribution in [1.82, 2.24) is 4.90 Å². The molecule has 0 aromatic heterocycles. The number of benzene rings is 1. The number of carbonyl (C=O) groups is 2. The molecule has 1 saturated heterocycles. The predicted octanol–water partition coefficient (Wildman–Crippen LogP) is 1.68. The van der Waals surface area contributed by atoms with E-state index in [2.05, 4.69) is 0 Å². The minimum absolute atomic E-state index is 0.00194. The Morgan fingerprint density at radius 2 is 2.05 bits per heavy atom. The van der Waals surface area contributed by atoms with Gasteiger partial charge in [-0.1, -0.05) is 30.3 Å². The van der Waals surface area contributed by atoms with Gasteiger partial charge in [0, 0.05) is 19.5 Å². The van der Waals surface area contributed by atoms with E-state index in [0.717, 1.165) is 5.56 Å². The highest BCUT2D eigenvalue weighted by molar-refractivity contribution is 6.05. The molecule has 0 aliphatic carbocycles. The second-order valence-corrected chi connectivity index (χ2v) is 5.38. The van der Waals surface area contributed by atoms with Crippen LogP contribution in [-0.2, 0) is 20.7 Å². The van der Waals surface area contributed by atoms with Crippen LogP contribution in [-0.4, -0.2) is 43.4 Å². The highest BCUT2D eigenvalue weighted by Crippen LogP contribution is 2.32. The van der Waals surface area contributed by atoms with Gasteiger partial charge in [-0.15, -0.1) is 0 Å². The Morgan fingerprint density at radius 3 is 2.70 bits per heavy atom. The van der Waals surface area contributed by atoms with Crippen LogP contribution in [0.25, 0.3) is 0 Å². The van der Waals surface area contributed by atoms with Gasteiger partial charge >= 0.3 is 5.97 Å². The van der Waals surface area contributed by atoms with Gasteiger partial charge in [0.15, 0.2) is 5.78 Å². The number of esters is 1. The molecule has 0 radical (unpaired) electrons. The second-order valence-electron chi connectivity index (χ2n) is 5.38. The van der Waals surface area contributed by atoms with Gasteiger partial charge in [0.1, 0.15) is 5.41 Å². The molecule has 1 unspecified atom stereocenters. The Hall–Kier alpha value is -1.68. The summed E-state index contributed by atoms with van der Waals surface area (Å²) in [6, 6.07) is 9.66. The highest BCUT2D eigenvalue weighted by atomic mass is 16.5. The fraction of sp³-hybridized carbons (Fsp3) is 0.500. The first-order chi connectivity index (χ1) is 9.58. The fourth-order valence-corrected chi connectivity index (χ4v) is 2.78. The average molecular weight is 275 g/mol. The Morgan fingerprint density at radius 1 is 1.35 bits per heavy atom. The van der Waals surface area contributed by atoms with Crippen LogP contribution in [0.5, 0.6) is 0 Å². The van der Waals surface area contributed by atoms with Gasteiger partial charge in [0.05, 0.1) is 6.61 Å². The number of likely N-dealkylation sites (tertiary alicyclic amines) is 1. The third kappa shape index (κ3) is 2.90. The second kappa shape index (κ2) is 6.18. The number of piperidine rings is 1. The molecule has 0 bridgehead atoms. The number of hydrogen-bond acceptors (Lipinski definition) is 4. The van der Waals surface area contributed by atoms with Crippen molar-refractivity contribution in [3.05, 3.63) is 35.9 Å². The van der Waals surface area contributed by atoms with Crippen LogP contribution in [0.3, 0.4) is 0 Å². The summed E-state index contributed by atoms with van der Waals surface area (Å²) >= 11 is 0. The molecule has 20 heavy (non-hydrogen) atoms. The first-order valence-corrected chi connectivity index (χ1v) is 7.01.